The second kappa shape index (κ2) is 13.1. The van der Waals surface area contributed by atoms with Gasteiger partial charge >= 0.3 is 5.97 Å². The number of halogens is 2. The molecular formula is C15H28Cl2O2. The Kier molecular flexibility index (Phi) is 13.1. The number of alkyl halides is 2. The number of esters is 1. The summed E-state index contributed by atoms with van der Waals surface area (Å²) in [5.41, 5.74) is 0. The van der Waals surface area contributed by atoms with Gasteiger partial charge in [-0.1, -0.05) is 51.9 Å². The van der Waals surface area contributed by atoms with Gasteiger partial charge in [-0.15, -0.1) is 23.2 Å². The third-order valence-electron chi connectivity index (χ3n) is 3.33. The van der Waals surface area contributed by atoms with Gasteiger partial charge in [-0.05, 0) is 12.8 Å². The van der Waals surface area contributed by atoms with Crippen LogP contribution in [0.4, 0.5) is 0 Å². The highest BCUT2D eigenvalue weighted by molar-refractivity contribution is 6.30. The van der Waals surface area contributed by atoms with Crippen LogP contribution in [0.1, 0.15) is 71.1 Å². The van der Waals surface area contributed by atoms with Crippen LogP contribution < -0.4 is 0 Å². The van der Waals surface area contributed by atoms with Gasteiger partial charge in [0.25, 0.3) is 0 Å². The second-order valence-corrected chi connectivity index (χ2v) is 6.18. The van der Waals surface area contributed by atoms with E-state index in [1.165, 1.54) is 45.6 Å². The molecule has 0 heterocycles. The fourth-order valence-electron chi connectivity index (χ4n) is 2.02. The number of unbranched alkanes of at least 4 members (excludes halogenated alkanes) is 6. The first-order valence-electron chi connectivity index (χ1n) is 7.46. The van der Waals surface area contributed by atoms with Crippen molar-refractivity contribution in [3.05, 3.63) is 0 Å². The molecule has 0 aliphatic carbocycles. The summed E-state index contributed by atoms with van der Waals surface area (Å²) < 4.78 is 4.58. The molecule has 0 unspecified atom stereocenters. The first-order valence-corrected chi connectivity index (χ1v) is 8.34. The van der Waals surface area contributed by atoms with Crippen molar-refractivity contribution >= 4 is 29.2 Å². The molecule has 4 heteroatoms. The first-order chi connectivity index (χ1) is 9.11. The lowest BCUT2D eigenvalue weighted by Crippen LogP contribution is -2.17. The molecule has 0 saturated carbocycles. The van der Waals surface area contributed by atoms with Gasteiger partial charge in [0.15, 0.2) is 0 Å². The zero-order chi connectivity index (χ0) is 14.5. The summed E-state index contributed by atoms with van der Waals surface area (Å²) in [7, 11) is 1.39. The standard InChI is InChI=1S/C15H28Cl2O2/c1-3-4-5-6-7-8-9-10-13(16)14(17)11-12-15(18)19-2/h13-14H,3-12H2,1-2H3/t13-,14+/m0/s1. The SMILES string of the molecule is CCCCCCCCC[C@H](Cl)[C@H](Cl)CCC(=O)OC. The molecule has 0 spiro atoms. The van der Waals surface area contributed by atoms with E-state index >= 15 is 0 Å². The Morgan fingerprint density at radius 2 is 1.47 bits per heavy atom. The maximum atomic E-state index is 11.0. The maximum Gasteiger partial charge on any atom is 0.305 e. The molecule has 0 saturated heterocycles. The Hall–Kier alpha value is 0.0500. The molecule has 0 rings (SSSR count). The minimum absolute atomic E-state index is 0.0398. The highest BCUT2D eigenvalue weighted by atomic mass is 35.5. The number of hydrogen-bond acceptors (Lipinski definition) is 2. The van der Waals surface area contributed by atoms with Crippen LogP contribution in [0.15, 0.2) is 0 Å². The zero-order valence-corrected chi connectivity index (χ0v) is 13.8. The first kappa shape index (κ1) is 19.1. The van der Waals surface area contributed by atoms with Crippen LogP contribution in [0.5, 0.6) is 0 Å². The predicted octanol–water partition coefficient (Wildman–Crippen LogP) is 5.30. The van der Waals surface area contributed by atoms with E-state index in [0.717, 1.165) is 12.8 Å². The Morgan fingerprint density at radius 1 is 0.947 bits per heavy atom. The average molecular weight is 311 g/mol. The van der Waals surface area contributed by atoms with Gasteiger partial charge in [-0.25, -0.2) is 0 Å². The molecule has 19 heavy (non-hydrogen) atoms. The van der Waals surface area contributed by atoms with Gasteiger partial charge in [0.1, 0.15) is 0 Å². The Balaban J connectivity index is 3.46. The van der Waals surface area contributed by atoms with Crippen molar-refractivity contribution in [2.45, 2.75) is 81.9 Å². The molecule has 0 aromatic rings. The van der Waals surface area contributed by atoms with Gasteiger partial charge in [-0.3, -0.25) is 4.79 Å². The molecule has 0 N–H and O–H groups in total. The highest BCUT2D eigenvalue weighted by Gasteiger charge is 2.17. The third-order valence-corrected chi connectivity index (χ3v) is 4.50. The van der Waals surface area contributed by atoms with Crippen molar-refractivity contribution in [2.75, 3.05) is 7.11 Å². The predicted molar refractivity (Wildman–Crippen MR) is 83.1 cm³/mol. The van der Waals surface area contributed by atoms with Crippen LogP contribution in [0.3, 0.4) is 0 Å². The Labute approximate surface area is 128 Å². The molecule has 2 nitrogen and oxygen atoms in total. The second-order valence-electron chi connectivity index (χ2n) is 5.06. The van der Waals surface area contributed by atoms with Gasteiger partial charge < -0.3 is 4.74 Å². The number of carbonyl (C=O) groups excluding carboxylic acids is 1. The quantitative estimate of drug-likeness (QED) is 0.278. The van der Waals surface area contributed by atoms with Crippen molar-refractivity contribution < 1.29 is 9.53 Å². The Morgan fingerprint density at radius 3 is 2.05 bits per heavy atom. The van der Waals surface area contributed by atoms with Crippen LogP contribution >= 0.6 is 23.2 Å². The molecule has 0 fully saturated rings. The number of methoxy groups -OCH3 is 1. The molecule has 0 aliphatic heterocycles. The van der Waals surface area contributed by atoms with Crippen molar-refractivity contribution in [3.8, 4) is 0 Å². The molecule has 2 atom stereocenters. The van der Waals surface area contributed by atoms with Crippen LogP contribution in [0, 0.1) is 0 Å². The van der Waals surface area contributed by atoms with E-state index in [-0.39, 0.29) is 16.7 Å². The third kappa shape index (κ3) is 11.6. The van der Waals surface area contributed by atoms with Gasteiger partial charge in [-0.2, -0.15) is 0 Å². The van der Waals surface area contributed by atoms with E-state index in [2.05, 4.69) is 11.7 Å². The van der Waals surface area contributed by atoms with E-state index in [1.54, 1.807) is 0 Å². The minimum atomic E-state index is -0.217. The highest BCUT2D eigenvalue weighted by Crippen LogP contribution is 2.21. The largest absolute Gasteiger partial charge is 0.469 e. The summed E-state index contributed by atoms with van der Waals surface area (Å²) in [6.45, 7) is 2.23. The summed E-state index contributed by atoms with van der Waals surface area (Å²) in [5.74, 6) is -0.217. The topological polar surface area (TPSA) is 26.3 Å². The van der Waals surface area contributed by atoms with E-state index in [0.29, 0.717) is 12.8 Å². The van der Waals surface area contributed by atoms with E-state index < -0.39 is 0 Å². The summed E-state index contributed by atoms with van der Waals surface area (Å²) in [5, 5.41) is -0.178. The van der Waals surface area contributed by atoms with Crippen LogP contribution in [0.2, 0.25) is 0 Å². The monoisotopic (exact) mass is 310 g/mol. The summed E-state index contributed by atoms with van der Waals surface area (Å²) in [4.78, 5) is 11.0. The van der Waals surface area contributed by atoms with Gasteiger partial charge in [0, 0.05) is 11.8 Å². The van der Waals surface area contributed by atoms with Crippen LogP contribution in [-0.2, 0) is 9.53 Å². The van der Waals surface area contributed by atoms with Gasteiger partial charge in [0.05, 0.1) is 12.5 Å². The molecule has 0 aromatic heterocycles. The molecule has 0 amide bonds. The number of rotatable bonds is 12. The average Bonchev–Trinajstić information content (AvgIpc) is 2.42. The molecule has 114 valence electrons. The van der Waals surface area contributed by atoms with E-state index in [4.69, 9.17) is 23.2 Å². The molecule has 0 radical (unpaired) electrons. The lowest BCUT2D eigenvalue weighted by Gasteiger charge is -2.15. The summed E-state index contributed by atoms with van der Waals surface area (Å²) >= 11 is 12.4. The van der Waals surface area contributed by atoms with Crippen LogP contribution in [-0.4, -0.2) is 23.8 Å². The number of ether oxygens (including phenoxy) is 1. The molecular weight excluding hydrogens is 283 g/mol. The summed E-state index contributed by atoms with van der Waals surface area (Å²) in [6, 6.07) is 0. The zero-order valence-electron chi connectivity index (χ0n) is 12.3. The molecule has 0 aliphatic rings. The number of carbonyl (C=O) groups is 1. The minimum Gasteiger partial charge on any atom is -0.469 e. The van der Waals surface area contributed by atoms with Gasteiger partial charge in [0.2, 0.25) is 0 Å². The number of hydrogen-bond donors (Lipinski definition) is 0. The van der Waals surface area contributed by atoms with E-state index in [1.807, 2.05) is 0 Å². The maximum absolute atomic E-state index is 11.0. The molecule has 0 aromatic carbocycles. The lowest BCUT2D eigenvalue weighted by atomic mass is 10.0. The lowest BCUT2D eigenvalue weighted by molar-refractivity contribution is -0.140. The van der Waals surface area contributed by atoms with Crippen molar-refractivity contribution in [1.29, 1.82) is 0 Å². The molecule has 0 bridgehead atoms. The Bertz CT molecular complexity index is 222. The van der Waals surface area contributed by atoms with E-state index in [9.17, 15) is 4.79 Å². The smallest absolute Gasteiger partial charge is 0.305 e. The fourth-order valence-corrected chi connectivity index (χ4v) is 2.53. The van der Waals surface area contributed by atoms with Crippen LogP contribution in [0.25, 0.3) is 0 Å². The fraction of sp³-hybridized carbons (Fsp3) is 0.933. The summed E-state index contributed by atoms with van der Waals surface area (Å²) in [6.07, 6.45) is 10.8. The van der Waals surface area contributed by atoms with Crippen molar-refractivity contribution in [1.82, 2.24) is 0 Å². The van der Waals surface area contributed by atoms with Crippen molar-refractivity contribution in [3.63, 3.8) is 0 Å². The van der Waals surface area contributed by atoms with Crippen molar-refractivity contribution in [2.24, 2.45) is 0 Å². The normalized spacial score (nSPS) is 14.1.